The second-order valence-corrected chi connectivity index (χ2v) is 7.88. The second kappa shape index (κ2) is 9.87. The van der Waals surface area contributed by atoms with Crippen molar-refractivity contribution in [3.8, 4) is 17.2 Å². The van der Waals surface area contributed by atoms with Gasteiger partial charge in [-0.1, -0.05) is 30.7 Å². The number of ether oxygens (including phenoxy) is 1. The van der Waals surface area contributed by atoms with Crippen LogP contribution in [0.3, 0.4) is 0 Å². The van der Waals surface area contributed by atoms with Crippen molar-refractivity contribution in [3.05, 3.63) is 63.5 Å². The molecule has 1 aliphatic heterocycles. The molecule has 0 atom stereocenters. The topological polar surface area (TPSA) is 132 Å². The minimum atomic E-state index is -0.574. The zero-order chi connectivity index (χ0) is 24.2. The van der Waals surface area contributed by atoms with E-state index in [1.807, 2.05) is 6.92 Å². The van der Waals surface area contributed by atoms with Crippen LogP contribution in [-0.2, 0) is 16.1 Å². The molecule has 0 radical (unpaired) electrons. The van der Waals surface area contributed by atoms with Crippen LogP contribution in [0.2, 0.25) is 5.02 Å². The van der Waals surface area contributed by atoms with Crippen LogP contribution in [0.25, 0.3) is 11.5 Å². The van der Waals surface area contributed by atoms with Gasteiger partial charge in [0.05, 0.1) is 27.7 Å². The first kappa shape index (κ1) is 23.2. The highest BCUT2D eigenvalue weighted by Crippen LogP contribution is 2.35. The summed E-state index contributed by atoms with van der Waals surface area (Å²) in [5.41, 5.74) is 0.542. The summed E-state index contributed by atoms with van der Waals surface area (Å²) in [5.74, 6) is -0.125. The minimum Gasteiger partial charge on any atom is -0.482 e. The molecular formula is C22H20ClN5O6. The molecule has 176 valence electrons. The summed E-state index contributed by atoms with van der Waals surface area (Å²) < 4.78 is 11.1. The molecule has 2 aromatic carbocycles. The van der Waals surface area contributed by atoms with E-state index in [0.29, 0.717) is 29.3 Å². The Kier molecular flexibility index (Phi) is 6.73. The number of fused-ring (bicyclic) bond motifs is 1. The Morgan fingerprint density at radius 2 is 2.06 bits per heavy atom. The zero-order valence-corrected chi connectivity index (χ0v) is 18.9. The number of nitro groups is 1. The molecule has 0 saturated heterocycles. The SMILES string of the molecule is CCCN(Cc1nnc(-c2ccccc2Cl)o1)C(=O)CN1C(=O)COc2ccc([N+](=O)[O-])cc21. The molecule has 0 aliphatic carbocycles. The number of hydrogen-bond donors (Lipinski definition) is 0. The van der Waals surface area contributed by atoms with E-state index < -0.39 is 10.8 Å². The Hall–Kier alpha value is -3.99. The number of non-ortho nitro benzene ring substituents is 1. The quantitative estimate of drug-likeness (QED) is 0.350. The second-order valence-electron chi connectivity index (χ2n) is 7.47. The van der Waals surface area contributed by atoms with Gasteiger partial charge >= 0.3 is 0 Å². The summed E-state index contributed by atoms with van der Waals surface area (Å²) in [5, 5.41) is 19.7. The van der Waals surface area contributed by atoms with Gasteiger partial charge < -0.3 is 14.1 Å². The van der Waals surface area contributed by atoms with Gasteiger partial charge in [-0.3, -0.25) is 24.6 Å². The molecule has 11 nitrogen and oxygen atoms in total. The standard InChI is InChI=1S/C22H20ClN5O6/c1-2-9-26(11-19-24-25-22(34-19)15-5-3-4-6-16(15)23)20(29)12-27-17-10-14(28(31)32)7-8-18(17)33-13-21(27)30/h3-8,10H,2,9,11-13H2,1H3. The number of nitro benzene ring substituents is 1. The molecule has 0 N–H and O–H groups in total. The molecule has 2 amide bonds. The van der Waals surface area contributed by atoms with Gasteiger partial charge in [-0.05, 0) is 24.6 Å². The maximum atomic E-state index is 13.2. The summed E-state index contributed by atoms with van der Waals surface area (Å²) in [4.78, 5) is 39.0. The van der Waals surface area contributed by atoms with Crippen molar-refractivity contribution in [2.75, 3.05) is 24.6 Å². The third-order valence-electron chi connectivity index (χ3n) is 5.13. The molecule has 0 bridgehead atoms. The Balaban J connectivity index is 1.53. The van der Waals surface area contributed by atoms with Crippen LogP contribution in [0.1, 0.15) is 19.2 Å². The van der Waals surface area contributed by atoms with Crippen LogP contribution in [0, 0.1) is 10.1 Å². The molecule has 12 heteroatoms. The van der Waals surface area contributed by atoms with Crippen molar-refractivity contribution in [1.29, 1.82) is 0 Å². The number of hydrogen-bond acceptors (Lipinski definition) is 8. The van der Waals surface area contributed by atoms with E-state index in [1.54, 1.807) is 24.3 Å². The van der Waals surface area contributed by atoms with Gasteiger partial charge in [0.15, 0.2) is 6.61 Å². The van der Waals surface area contributed by atoms with Gasteiger partial charge in [-0.2, -0.15) is 0 Å². The highest BCUT2D eigenvalue weighted by Gasteiger charge is 2.31. The van der Waals surface area contributed by atoms with E-state index in [1.165, 1.54) is 28.0 Å². The first-order chi connectivity index (χ1) is 16.4. The van der Waals surface area contributed by atoms with Crippen molar-refractivity contribution < 1.29 is 23.7 Å². The number of nitrogens with zero attached hydrogens (tertiary/aromatic N) is 5. The van der Waals surface area contributed by atoms with Gasteiger partial charge in [-0.15, -0.1) is 10.2 Å². The average molecular weight is 486 g/mol. The van der Waals surface area contributed by atoms with Crippen molar-refractivity contribution in [3.63, 3.8) is 0 Å². The van der Waals surface area contributed by atoms with Crippen molar-refractivity contribution in [1.82, 2.24) is 15.1 Å². The van der Waals surface area contributed by atoms with Gasteiger partial charge in [0, 0.05) is 18.7 Å². The lowest BCUT2D eigenvalue weighted by atomic mass is 10.2. The molecule has 1 aromatic heterocycles. The Morgan fingerprint density at radius 1 is 1.26 bits per heavy atom. The first-order valence-corrected chi connectivity index (χ1v) is 10.8. The number of amides is 2. The number of aromatic nitrogens is 2. The van der Waals surface area contributed by atoms with E-state index in [0.717, 1.165) is 0 Å². The average Bonchev–Trinajstić information content (AvgIpc) is 3.28. The van der Waals surface area contributed by atoms with E-state index in [2.05, 4.69) is 10.2 Å². The first-order valence-electron chi connectivity index (χ1n) is 10.4. The summed E-state index contributed by atoms with van der Waals surface area (Å²) in [6.45, 7) is 1.73. The lowest BCUT2D eigenvalue weighted by Crippen LogP contribution is -2.46. The number of anilines is 1. The lowest BCUT2D eigenvalue weighted by Gasteiger charge is -2.30. The number of carbonyl (C=O) groups excluding carboxylic acids is 2. The molecule has 4 rings (SSSR count). The van der Waals surface area contributed by atoms with E-state index in [4.69, 9.17) is 20.8 Å². The molecule has 0 unspecified atom stereocenters. The highest BCUT2D eigenvalue weighted by molar-refractivity contribution is 6.33. The van der Waals surface area contributed by atoms with Crippen molar-refractivity contribution in [2.45, 2.75) is 19.9 Å². The third-order valence-corrected chi connectivity index (χ3v) is 5.46. The number of benzene rings is 2. The largest absolute Gasteiger partial charge is 0.482 e. The fourth-order valence-corrected chi connectivity index (χ4v) is 3.72. The smallest absolute Gasteiger partial charge is 0.271 e. The van der Waals surface area contributed by atoms with Crippen LogP contribution in [0.4, 0.5) is 11.4 Å². The van der Waals surface area contributed by atoms with E-state index in [9.17, 15) is 19.7 Å². The predicted octanol–water partition coefficient (Wildman–Crippen LogP) is 3.46. The highest BCUT2D eigenvalue weighted by atomic mass is 35.5. The van der Waals surface area contributed by atoms with E-state index >= 15 is 0 Å². The minimum absolute atomic E-state index is 0.0322. The normalized spacial score (nSPS) is 12.8. The fraction of sp³-hybridized carbons (Fsp3) is 0.273. The predicted molar refractivity (Wildman–Crippen MR) is 121 cm³/mol. The Bertz CT molecular complexity index is 1250. The Labute approximate surface area is 199 Å². The lowest BCUT2D eigenvalue weighted by molar-refractivity contribution is -0.384. The molecular weight excluding hydrogens is 466 g/mol. The fourth-order valence-electron chi connectivity index (χ4n) is 3.50. The molecule has 2 heterocycles. The molecule has 3 aromatic rings. The summed E-state index contributed by atoms with van der Waals surface area (Å²) in [6.07, 6.45) is 0.649. The number of carbonyl (C=O) groups is 2. The Morgan fingerprint density at radius 3 is 2.79 bits per heavy atom. The number of rotatable bonds is 8. The third kappa shape index (κ3) is 4.84. The number of halogens is 1. The van der Waals surface area contributed by atoms with Crippen LogP contribution in [0.15, 0.2) is 46.9 Å². The summed E-state index contributed by atoms with van der Waals surface area (Å²) in [6, 6.07) is 10.9. The van der Waals surface area contributed by atoms with Crippen molar-refractivity contribution in [2.24, 2.45) is 0 Å². The van der Waals surface area contributed by atoms with Gasteiger partial charge in [-0.25, -0.2) is 0 Å². The summed E-state index contributed by atoms with van der Waals surface area (Å²) in [7, 11) is 0. The zero-order valence-electron chi connectivity index (χ0n) is 18.1. The van der Waals surface area contributed by atoms with Gasteiger partial charge in [0.1, 0.15) is 12.3 Å². The molecule has 34 heavy (non-hydrogen) atoms. The molecule has 1 aliphatic rings. The van der Waals surface area contributed by atoms with Crippen LogP contribution < -0.4 is 9.64 Å². The van der Waals surface area contributed by atoms with Gasteiger partial charge in [0.25, 0.3) is 11.6 Å². The maximum Gasteiger partial charge on any atom is 0.271 e. The van der Waals surface area contributed by atoms with Crippen LogP contribution in [0.5, 0.6) is 5.75 Å². The van der Waals surface area contributed by atoms with Crippen molar-refractivity contribution >= 4 is 34.8 Å². The van der Waals surface area contributed by atoms with Crippen LogP contribution in [-0.4, -0.2) is 51.5 Å². The van der Waals surface area contributed by atoms with Crippen LogP contribution >= 0.6 is 11.6 Å². The van der Waals surface area contributed by atoms with Gasteiger partial charge in [0.2, 0.25) is 17.7 Å². The molecule has 0 fully saturated rings. The van der Waals surface area contributed by atoms with E-state index in [-0.39, 0.29) is 48.8 Å². The maximum absolute atomic E-state index is 13.2. The molecule has 0 saturated carbocycles. The monoisotopic (exact) mass is 485 g/mol. The summed E-state index contributed by atoms with van der Waals surface area (Å²) >= 11 is 6.19. The molecule has 0 spiro atoms.